The van der Waals surface area contributed by atoms with Gasteiger partial charge in [0.25, 0.3) is 11.8 Å². The van der Waals surface area contributed by atoms with Crippen molar-refractivity contribution in [2.75, 3.05) is 60.9 Å². The highest BCUT2D eigenvalue weighted by Gasteiger charge is 2.47. The number of aromatic nitrogens is 4. The number of anilines is 3. The van der Waals surface area contributed by atoms with Crippen LogP contribution in [-0.2, 0) is 27.5 Å². The van der Waals surface area contributed by atoms with Gasteiger partial charge in [0.1, 0.15) is 16.9 Å². The van der Waals surface area contributed by atoms with Crippen molar-refractivity contribution in [3.8, 4) is 0 Å². The maximum absolute atomic E-state index is 13.0. The SMILES string of the molecule is N[C@H]1CCN(c2cnc(Sc3cccc(NC(=O)CCCCCCN4CC5(CCN(c6ccc(C(=O)NCc7ccc8c(c7)CN(C7CCC(=O)NC7=O)C8=O)nn6)C5)C4)c3)cn2)C[C@@H]1O. The number of likely N-dealkylation sites (tertiary alicyclic amines) is 1. The van der Waals surface area contributed by atoms with Crippen LogP contribution in [0.3, 0.4) is 0 Å². The summed E-state index contributed by atoms with van der Waals surface area (Å²) in [5.41, 5.74) is 9.28. The van der Waals surface area contributed by atoms with Crippen LogP contribution in [0.25, 0.3) is 0 Å². The van der Waals surface area contributed by atoms with E-state index in [1.807, 2.05) is 41.3 Å². The highest BCUT2D eigenvalue weighted by atomic mass is 32.2. The molecule has 5 aliphatic rings. The molecule has 2 aromatic carbocycles. The number of unbranched alkanes of at least 4 members (excludes halogenated alkanes) is 3. The number of nitrogens with two attached hydrogens (primary N) is 1. The second-order valence-electron chi connectivity index (χ2n) is 18.3. The van der Waals surface area contributed by atoms with Crippen molar-refractivity contribution in [3.63, 3.8) is 0 Å². The molecule has 6 N–H and O–H groups in total. The number of β-amino-alcohol motifs (C(OH)–C–C–N with tert-alkyl or cyclic N) is 1. The van der Waals surface area contributed by atoms with Gasteiger partial charge in [-0.2, -0.15) is 0 Å². The number of amides is 5. The van der Waals surface area contributed by atoms with E-state index >= 15 is 0 Å². The van der Waals surface area contributed by atoms with Crippen molar-refractivity contribution >= 4 is 58.6 Å². The molecule has 346 valence electrons. The van der Waals surface area contributed by atoms with Gasteiger partial charge in [-0.25, -0.2) is 9.97 Å². The molecule has 18 nitrogen and oxygen atoms in total. The van der Waals surface area contributed by atoms with Gasteiger partial charge in [-0.15, -0.1) is 10.2 Å². The minimum atomic E-state index is -0.676. The number of carbonyl (C=O) groups excluding carboxylic acids is 5. The van der Waals surface area contributed by atoms with E-state index in [1.54, 1.807) is 30.6 Å². The van der Waals surface area contributed by atoms with Gasteiger partial charge >= 0.3 is 0 Å². The molecule has 66 heavy (non-hydrogen) atoms. The van der Waals surface area contributed by atoms with Crippen molar-refractivity contribution < 1.29 is 29.1 Å². The number of hydrogen-bond donors (Lipinski definition) is 5. The summed E-state index contributed by atoms with van der Waals surface area (Å²) in [6.07, 6.45) is 9.67. The average Bonchev–Trinajstić information content (AvgIpc) is 3.89. The van der Waals surface area contributed by atoms with Gasteiger partial charge < -0.3 is 41.1 Å². The second kappa shape index (κ2) is 19.8. The lowest BCUT2D eigenvalue weighted by Crippen LogP contribution is -2.57. The molecule has 2 aromatic heterocycles. The van der Waals surface area contributed by atoms with Gasteiger partial charge in [0.15, 0.2) is 11.5 Å². The van der Waals surface area contributed by atoms with Crippen LogP contribution >= 0.6 is 11.8 Å². The Labute approximate surface area is 387 Å². The molecule has 4 saturated heterocycles. The Balaban J connectivity index is 0.636. The molecule has 19 heteroatoms. The summed E-state index contributed by atoms with van der Waals surface area (Å²) in [6.45, 7) is 6.65. The van der Waals surface area contributed by atoms with E-state index in [0.29, 0.717) is 31.4 Å². The number of aliphatic hydroxyl groups excluding tert-OH is 1. The summed E-state index contributed by atoms with van der Waals surface area (Å²) < 4.78 is 0. The number of nitrogens with one attached hydrogen (secondary N) is 3. The Kier molecular flexibility index (Phi) is 13.6. The Morgan fingerprint density at radius 2 is 1.77 bits per heavy atom. The van der Waals surface area contributed by atoms with Crippen LogP contribution in [0.1, 0.15) is 89.8 Å². The molecule has 3 atom stereocenters. The number of rotatable bonds is 16. The number of nitrogens with zero attached hydrogens (tertiary/aromatic N) is 8. The molecule has 4 aromatic rings. The Morgan fingerprint density at radius 3 is 2.56 bits per heavy atom. The zero-order chi connectivity index (χ0) is 45.8. The van der Waals surface area contributed by atoms with E-state index in [9.17, 15) is 29.1 Å². The second-order valence-corrected chi connectivity index (χ2v) is 19.3. The standard InChI is InChI=1S/C47H56N12O6S/c48-35-15-18-57(26-38(35)60)40-23-50-43(24-49-40)66-33-7-5-6-32(21-33)52-41(61)8-3-1-2-4-17-56-27-47(28-56)16-19-58(29-47)39-13-11-36(54-55-39)44(63)51-22-30-9-10-34-31(20-30)25-59(46(34)65)37-12-14-42(62)53-45(37)64/h5-7,9-11,13,20-21,23-24,35,37-38,60H,1-4,8,12,14-19,22,25-29,48H2,(H,51,63)(H,52,61)(H,53,62,64)/t35-,37?,38-/m0/s1. The summed E-state index contributed by atoms with van der Waals surface area (Å²) in [6, 6.07) is 15.8. The predicted octanol–water partition coefficient (Wildman–Crippen LogP) is 3.11. The molecule has 0 aliphatic carbocycles. The third-order valence-electron chi connectivity index (χ3n) is 13.3. The van der Waals surface area contributed by atoms with E-state index in [4.69, 9.17) is 5.73 Å². The van der Waals surface area contributed by atoms with Gasteiger partial charge in [-0.1, -0.05) is 42.8 Å². The minimum Gasteiger partial charge on any atom is -0.390 e. The fraction of sp³-hybridized carbons (Fsp3) is 0.468. The Bertz CT molecular complexity index is 2450. The number of aliphatic hydroxyl groups is 1. The zero-order valence-corrected chi connectivity index (χ0v) is 37.7. The maximum atomic E-state index is 13.0. The lowest BCUT2D eigenvalue weighted by atomic mass is 9.79. The third kappa shape index (κ3) is 10.5. The summed E-state index contributed by atoms with van der Waals surface area (Å²) in [5.74, 6) is 0.144. The van der Waals surface area contributed by atoms with Crippen molar-refractivity contribution in [3.05, 3.63) is 89.4 Å². The molecule has 5 aliphatic heterocycles. The molecule has 1 unspecified atom stereocenters. The van der Waals surface area contributed by atoms with Gasteiger partial charge in [0, 0.05) is 92.8 Å². The molecule has 5 amide bonds. The van der Waals surface area contributed by atoms with Gasteiger partial charge in [-0.05, 0) is 86.2 Å². The van der Waals surface area contributed by atoms with Crippen LogP contribution in [0.15, 0.2) is 76.9 Å². The van der Waals surface area contributed by atoms with Crippen molar-refractivity contribution in [2.24, 2.45) is 11.1 Å². The fourth-order valence-corrected chi connectivity index (χ4v) is 10.5. The molecule has 4 fully saturated rings. The normalized spacial score (nSPS) is 21.5. The van der Waals surface area contributed by atoms with Crippen molar-refractivity contribution in [1.82, 2.24) is 40.6 Å². The lowest BCUT2D eigenvalue weighted by molar-refractivity contribution is -0.137. The van der Waals surface area contributed by atoms with Crippen molar-refractivity contribution in [2.45, 2.75) is 99.0 Å². The number of imide groups is 1. The van der Waals surface area contributed by atoms with Crippen LogP contribution in [0.4, 0.5) is 17.3 Å². The van der Waals surface area contributed by atoms with Crippen molar-refractivity contribution in [1.29, 1.82) is 0 Å². The lowest BCUT2D eigenvalue weighted by Gasteiger charge is -2.48. The Morgan fingerprint density at radius 1 is 0.909 bits per heavy atom. The van der Waals surface area contributed by atoms with Gasteiger partial charge in [0.05, 0.1) is 18.5 Å². The number of benzene rings is 2. The summed E-state index contributed by atoms with van der Waals surface area (Å²) in [7, 11) is 0. The van der Waals surface area contributed by atoms with E-state index < -0.39 is 18.1 Å². The number of piperidine rings is 2. The summed E-state index contributed by atoms with van der Waals surface area (Å²) in [4.78, 5) is 81.1. The summed E-state index contributed by atoms with van der Waals surface area (Å²) in [5, 5.41) is 27.8. The minimum absolute atomic E-state index is 0.0119. The maximum Gasteiger partial charge on any atom is 0.272 e. The highest BCUT2D eigenvalue weighted by molar-refractivity contribution is 7.99. The number of fused-ring (bicyclic) bond motifs is 1. The van der Waals surface area contributed by atoms with E-state index in [1.165, 1.54) is 16.7 Å². The quantitative estimate of drug-likeness (QED) is 0.0803. The largest absolute Gasteiger partial charge is 0.390 e. The van der Waals surface area contributed by atoms with Crippen LogP contribution < -0.4 is 31.5 Å². The molecule has 9 rings (SSSR count). The first kappa shape index (κ1) is 45.1. The van der Waals surface area contributed by atoms with Crippen LogP contribution in [0.2, 0.25) is 0 Å². The summed E-state index contributed by atoms with van der Waals surface area (Å²) >= 11 is 1.48. The van der Waals surface area contributed by atoms with Crippen LogP contribution in [0, 0.1) is 5.41 Å². The third-order valence-corrected chi connectivity index (χ3v) is 14.3. The predicted molar refractivity (Wildman–Crippen MR) is 247 cm³/mol. The molecular weight excluding hydrogens is 861 g/mol. The first-order valence-electron chi connectivity index (χ1n) is 22.9. The molecule has 0 saturated carbocycles. The fourth-order valence-electron chi connectivity index (χ4n) is 9.71. The monoisotopic (exact) mass is 916 g/mol. The molecule has 7 heterocycles. The smallest absolute Gasteiger partial charge is 0.272 e. The molecular formula is C47H56N12O6S. The zero-order valence-electron chi connectivity index (χ0n) is 36.9. The first-order valence-corrected chi connectivity index (χ1v) is 23.7. The number of carbonyl (C=O) groups is 5. The highest BCUT2D eigenvalue weighted by Crippen LogP contribution is 2.41. The number of hydrogen-bond acceptors (Lipinski definition) is 15. The molecule has 0 bridgehead atoms. The van der Waals surface area contributed by atoms with E-state index in [-0.39, 0.29) is 60.3 Å². The topological polar surface area (TPSA) is 232 Å². The van der Waals surface area contributed by atoms with Gasteiger partial charge in [-0.3, -0.25) is 29.3 Å². The Hall–Kier alpha value is -6.02. The van der Waals surface area contributed by atoms with Crippen LogP contribution in [0.5, 0.6) is 0 Å². The first-order chi connectivity index (χ1) is 32.0. The van der Waals surface area contributed by atoms with Gasteiger partial charge in [0.2, 0.25) is 17.7 Å². The average molecular weight is 917 g/mol. The van der Waals surface area contributed by atoms with E-state index in [0.717, 1.165) is 110 Å². The molecule has 0 radical (unpaired) electrons. The molecule has 1 spiro atoms. The van der Waals surface area contributed by atoms with Crippen LogP contribution in [-0.4, -0.2) is 129 Å². The van der Waals surface area contributed by atoms with E-state index in [2.05, 4.69) is 45.9 Å².